The lowest BCUT2D eigenvalue weighted by Crippen LogP contribution is -2.22. The Morgan fingerprint density at radius 1 is 0.970 bits per heavy atom. The van der Waals surface area contributed by atoms with Crippen molar-refractivity contribution in [3.05, 3.63) is 103 Å². The van der Waals surface area contributed by atoms with E-state index in [1.165, 1.54) is 7.11 Å². The van der Waals surface area contributed by atoms with Gasteiger partial charge in [-0.3, -0.25) is 5.01 Å². The molecule has 0 aliphatic heterocycles. The summed E-state index contributed by atoms with van der Waals surface area (Å²) in [5.74, 6) is -0.555. The zero-order chi connectivity index (χ0) is 23.6. The highest BCUT2D eigenvalue weighted by Gasteiger charge is 2.16. The number of ether oxygens (including phenoxy) is 1. The van der Waals surface area contributed by atoms with Crippen molar-refractivity contribution in [1.29, 1.82) is 0 Å². The van der Waals surface area contributed by atoms with Crippen molar-refractivity contribution in [2.24, 2.45) is 5.10 Å². The molecule has 0 aliphatic rings. The Labute approximate surface area is 194 Å². The zero-order valence-electron chi connectivity index (χ0n) is 19.1. The molecule has 0 spiro atoms. The van der Waals surface area contributed by atoms with Crippen LogP contribution in [-0.4, -0.2) is 32.9 Å². The van der Waals surface area contributed by atoms with Crippen LogP contribution in [0.15, 0.2) is 102 Å². The van der Waals surface area contributed by atoms with Gasteiger partial charge in [-0.05, 0) is 48.0 Å². The molecule has 0 saturated heterocycles. The minimum atomic E-state index is -0.555. The van der Waals surface area contributed by atoms with E-state index in [2.05, 4.69) is 22.3 Å². The van der Waals surface area contributed by atoms with Crippen molar-refractivity contribution in [2.75, 3.05) is 36.8 Å². The van der Waals surface area contributed by atoms with E-state index >= 15 is 0 Å². The van der Waals surface area contributed by atoms with Gasteiger partial charge in [-0.15, -0.1) is 0 Å². The van der Waals surface area contributed by atoms with Gasteiger partial charge < -0.3 is 15.4 Å². The van der Waals surface area contributed by atoms with E-state index in [0.29, 0.717) is 5.57 Å². The summed E-state index contributed by atoms with van der Waals surface area (Å²) >= 11 is 0. The van der Waals surface area contributed by atoms with Gasteiger partial charge in [0.15, 0.2) is 5.71 Å². The van der Waals surface area contributed by atoms with Crippen molar-refractivity contribution >= 4 is 40.5 Å². The highest BCUT2D eigenvalue weighted by atomic mass is 16.5. The van der Waals surface area contributed by atoms with Gasteiger partial charge in [-0.2, -0.15) is 5.10 Å². The molecule has 2 N–H and O–H groups in total. The number of carbonyl (C=O) groups is 1. The van der Waals surface area contributed by atoms with Crippen molar-refractivity contribution in [1.82, 2.24) is 0 Å². The highest BCUT2D eigenvalue weighted by molar-refractivity contribution is 6.44. The molecule has 168 valence electrons. The minimum absolute atomic E-state index is 0.129. The Balaban J connectivity index is 1.78. The van der Waals surface area contributed by atoms with Gasteiger partial charge >= 0.3 is 5.97 Å². The number of esters is 1. The smallest absolute Gasteiger partial charge is 0.359 e. The molecule has 0 atom stereocenters. The summed E-state index contributed by atoms with van der Waals surface area (Å²) in [4.78, 5) is 12.4. The molecule has 0 aliphatic carbocycles. The van der Waals surface area contributed by atoms with E-state index in [9.17, 15) is 4.79 Å². The van der Waals surface area contributed by atoms with Crippen molar-refractivity contribution in [2.45, 2.75) is 0 Å². The number of nitrogens with one attached hydrogen (secondary N) is 2. The predicted octanol–water partition coefficient (Wildman–Crippen LogP) is 5.71. The van der Waals surface area contributed by atoms with Crippen LogP contribution < -0.4 is 15.6 Å². The first kappa shape index (κ1) is 23.3. The molecule has 0 fully saturated rings. The van der Waals surface area contributed by atoms with Crippen molar-refractivity contribution in [3.8, 4) is 0 Å². The number of anilines is 4. The lowest BCUT2D eigenvalue weighted by molar-refractivity contribution is -0.132. The number of hydrazone groups is 1. The molecule has 0 radical (unpaired) electrons. The molecule has 3 aromatic carbocycles. The maximum absolute atomic E-state index is 12.4. The third kappa shape index (κ3) is 6.33. The number of rotatable bonds is 9. The standard InChI is InChI=1S/C27H28N4O2/c1-20(14-15-21-10-8-9-13-25(21)28-2)26(27(32)33-4)30-31(3)24-18-16-23(17-19-24)29-22-11-6-5-7-12-22/h5-19,28-29H,1H2,2-4H3. The number of benzene rings is 3. The molecule has 6 heteroatoms. The quantitative estimate of drug-likeness (QED) is 0.193. The Morgan fingerprint density at radius 2 is 1.61 bits per heavy atom. The normalized spacial score (nSPS) is 11.2. The third-order valence-corrected chi connectivity index (χ3v) is 4.93. The molecular formula is C27H28N4O2. The SMILES string of the molecule is C=C(C=Cc1ccccc1NC)C(=NN(C)c1ccc(Nc2ccccc2)cc1)C(=O)OC. The van der Waals surface area contributed by atoms with E-state index in [4.69, 9.17) is 4.74 Å². The second-order valence-electron chi connectivity index (χ2n) is 7.20. The summed E-state index contributed by atoms with van der Waals surface area (Å²) in [6.45, 7) is 4.03. The molecule has 33 heavy (non-hydrogen) atoms. The molecular weight excluding hydrogens is 412 g/mol. The van der Waals surface area contributed by atoms with Crippen LogP contribution in [0.25, 0.3) is 6.08 Å². The first-order valence-electron chi connectivity index (χ1n) is 10.5. The fraction of sp³-hybridized carbons (Fsp3) is 0.111. The fourth-order valence-corrected chi connectivity index (χ4v) is 3.13. The summed E-state index contributed by atoms with van der Waals surface area (Å²) in [6, 6.07) is 25.5. The van der Waals surface area contributed by atoms with Gasteiger partial charge in [-0.1, -0.05) is 55.1 Å². The molecule has 0 amide bonds. The first-order valence-corrected chi connectivity index (χ1v) is 10.5. The lowest BCUT2D eigenvalue weighted by atomic mass is 10.1. The Kier molecular flexibility index (Phi) is 8.02. The molecule has 3 aromatic rings. The monoisotopic (exact) mass is 440 g/mol. The summed E-state index contributed by atoms with van der Waals surface area (Å²) in [7, 11) is 4.96. The van der Waals surface area contributed by atoms with Crippen LogP contribution in [0.2, 0.25) is 0 Å². The van der Waals surface area contributed by atoms with Crippen LogP contribution in [0.5, 0.6) is 0 Å². The molecule has 0 saturated carbocycles. The molecule has 6 nitrogen and oxygen atoms in total. The summed E-state index contributed by atoms with van der Waals surface area (Å²) < 4.78 is 4.94. The van der Waals surface area contributed by atoms with E-state index < -0.39 is 5.97 Å². The average Bonchev–Trinajstić information content (AvgIpc) is 2.86. The molecule has 0 heterocycles. The second kappa shape index (κ2) is 11.3. The zero-order valence-corrected chi connectivity index (χ0v) is 19.1. The topological polar surface area (TPSA) is 66.0 Å². The molecule has 0 bridgehead atoms. The Bertz CT molecular complexity index is 1150. The van der Waals surface area contributed by atoms with Gasteiger partial charge in [0.1, 0.15) is 0 Å². The number of hydrogen-bond acceptors (Lipinski definition) is 6. The number of methoxy groups -OCH3 is 1. The Hall–Kier alpha value is -4.32. The van der Waals surface area contributed by atoms with Gasteiger partial charge in [0.05, 0.1) is 12.8 Å². The van der Waals surface area contributed by atoms with Crippen molar-refractivity contribution < 1.29 is 9.53 Å². The van der Waals surface area contributed by atoms with Gasteiger partial charge in [-0.25, -0.2) is 4.79 Å². The van der Waals surface area contributed by atoms with Crippen LogP contribution in [0.1, 0.15) is 5.56 Å². The number of carbonyl (C=O) groups excluding carboxylic acids is 1. The first-order chi connectivity index (χ1) is 16.0. The summed E-state index contributed by atoms with van der Waals surface area (Å²) in [5.41, 5.74) is 5.29. The summed E-state index contributed by atoms with van der Waals surface area (Å²) in [5, 5.41) is 12.6. The van der Waals surface area contributed by atoms with Gasteiger partial charge in [0.2, 0.25) is 0 Å². The number of allylic oxidation sites excluding steroid dienone is 1. The van der Waals surface area contributed by atoms with E-state index in [0.717, 1.165) is 28.3 Å². The van der Waals surface area contributed by atoms with Crippen LogP contribution in [-0.2, 0) is 9.53 Å². The number of hydrogen-bond donors (Lipinski definition) is 2. The lowest BCUT2D eigenvalue weighted by Gasteiger charge is -2.16. The van der Waals surface area contributed by atoms with Crippen molar-refractivity contribution in [3.63, 3.8) is 0 Å². The number of para-hydroxylation sites is 2. The highest BCUT2D eigenvalue weighted by Crippen LogP contribution is 2.21. The summed E-state index contributed by atoms with van der Waals surface area (Å²) in [6.07, 6.45) is 3.64. The van der Waals surface area contributed by atoms with Crippen LogP contribution in [0.3, 0.4) is 0 Å². The maximum Gasteiger partial charge on any atom is 0.359 e. The Morgan fingerprint density at radius 3 is 2.27 bits per heavy atom. The van der Waals surface area contributed by atoms with E-state index in [1.54, 1.807) is 18.1 Å². The predicted molar refractivity (Wildman–Crippen MR) is 138 cm³/mol. The van der Waals surface area contributed by atoms with E-state index in [1.807, 2.05) is 92.0 Å². The van der Waals surface area contributed by atoms with Crippen LogP contribution >= 0.6 is 0 Å². The van der Waals surface area contributed by atoms with E-state index in [-0.39, 0.29) is 5.71 Å². The molecule has 0 aromatic heterocycles. The maximum atomic E-state index is 12.4. The van der Waals surface area contributed by atoms with Gasteiger partial charge in [0, 0.05) is 36.7 Å². The third-order valence-electron chi connectivity index (χ3n) is 4.93. The largest absolute Gasteiger partial charge is 0.464 e. The average molecular weight is 441 g/mol. The molecule has 3 rings (SSSR count). The second-order valence-corrected chi connectivity index (χ2v) is 7.20. The molecule has 0 unspecified atom stereocenters. The van der Waals surface area contributed by atoms with Crippen LogP contribution in [0, 0.1) is 0 Å². The fourth-order valence-electron chi connectivity index (χ4n) is 3.13. The van der Waals surface area contributed by atoms with Gasteiger partial charge in [0.25, 0.3) is 0 Å². The number of nitrogens with zero attached hydrogens (tertiary/aromatic N) is 2. The van der Waals surface area contributed by atoms with Crippen LogP contribution in [0.4, 0.5) is 22.7 Å². The minimum Gasteiger partial charge on any atom is -0.464 e.